The number of unbranched alkanes of at least 4 members (excludes halogenated alkanes) is 1. The first-order valence-corrected chi connectivity index (χ1v) is 4.95. The molecule has 0 saturated heterocycles. The van der Waals surface area contributed by atoms with Crippen molar-refractivity contribution >= 4 is 17.5 Å². The Morgan fingerprint density at radius 2 is 1.92 bits per heavy atom. The van der Waals surface area contributed by atoms with Crippen molar-refractivity contribution in [1.29, 1.82) is 0 Å². The summed E-state index contributed by atoms with van der Waals surface area (Å²) in [6, 6.07) is 8.26. The van der Waals surface area contributed by atoms with Gasteiger partial charge in [-0.25, -0.2) is 0 Å². The highest BCUT2D eigenvalue weighted by Crippen LogP contribution is 2.10. The molecule has 1 rings (SSSR count). The summed E-state index contributed by atoms with van der Waals surface area (Å²) in [5, 5.41) is 0. The van der Waals surface area contributed by atoms with E-state index in [1.807, 2.05) is 12.1 Å². The molecular weight excluding hydrogens is 184 g/mol. The summed E-state index contributed by atoms with van der Waals surface area (Å²) in [5.74, 6) is 0. The highest BCUT2D eigenvalue weighted by Gasteiger charge is 1.92. The molecule has 1 aromatic carbocycles. The van der Waals surface area contributed by atoms with Crippen molar-refractivity contribution in [3.05, 3.63) is 29.8 Å². The SMILES string of the molecule is CCCCc1ccc(NNCl)cc1. The van der Waals surface area contributed by atoms with Gasteiger partial charge in [0.15, 0.2) is 0 Å². The Balaban J connectivity index is 2.48. The Bertz CT molecular complexity index is 233. The van der Waals surface area contributed by atoms with Crippen molar-refractivity contribution in [1.82, 2.24) is 4.94 Å². The molecule has 1 aromatic rings. The van der Waals surface area contributed by atoms with E-state index >= 15 is 0 Å². The molecule has 0 amide bonds. The first kappa shape index (κ1) is 10.4. The fourth-order valence-electron chi connectivity index (χ4n) is 1.19. The molecular formula is C10H15ClN2. The maximum Gasteiger partial charge on any atom is 0.0500 e. The minimum atomic E-state index is 0.982. The second-order valence-corrected chi connectivity index (χ2v) is 3.21. The summed E-state index contributed by atoms with van der Waals surface area (Å²) >= 11 is 5.30. The van der Waals surface area contributed by atoms with E-state index in [9.17, 15) is 0 Å². The molecule has 2 nitrogen and oxygen atoms in total. The van der Waals surface area contributed by atoms with E-state index in [1.165, 1.54) is 18.4 Å². The number of aryl methyl sites for hydroxylation is 1. The van der Waals surface area contributed by atoms with Crippen LogP contribution < -0.4 is 10.4 Å². The van der Waals surface area contributed by atoms with Crippen molar-refractivity contribution in [2.45, 2.75) is 26.2 Å². The molecule has 0 spiro atoms. The van der Waals surface area contributed by atoms with Crippen LogP contribution in [0.5, 0.6) is 0 Å². The molecule has 0 saturated carbocycles. The molecule has 0 heterocycles. The minimum Gasteiger partial charge on any atom is -0.308 e. The van der Waals surface area contributed by atoms with Gasteiger partial charge < -0.3 is 5.43 Å². The lowest BCUT2D eigenvalue weighted by Gasteiger charge is -2.03. The zero-order chi connectivity index (χ0) is 9.52. The molecule has 0 aliphatic heterocycles. The van der Waals surface area contributed by atoms with Gasteiger partial charge in [-0.1, -0.05) is 25.5 Å². The van der Waals surface area contributed by atoms with Gasteiger partial charge in [0.25, 0.3) is 0 Å². The molecule has 13 heavy (non-hydrogen) atoms. The lowest BCUT2D eigenvalue weighted by Crippen LogP contribution is -2.08. The van der Waals surface area contributed by atoms with E-state index in [0.717, 1.165) is 12.1 Å². The van der Waals surface area contributed by atoms with Crippen LogP contribution >= 0.6 is 11.8 Å². The summed E-state index contributed by atoms with van der Waals surface area (Å²) in [6.45, 7) is 2.20. The van der Waals surface area contributed by atoms with Crippen LogP contribution in [0.2, 0.25) is 0 Å². The van der Waals surface area contributed by atoms with Crippen LogP contribution in [0.3, 0.4) is 0 Å². The molecule has 0 aliphatic carbocycles. The maximum absolute atomic E-state index is 5.30. The molecule has 3 heteroatoms. The van der Waals surface area contributed by atoms with Crippen LogP contribution in [0.15, 0.2) is 24.3 Å². The Kier molecular flexibility index (Phi) is 4.65. The van der Waals surface area contributed by atoms with E-state index in [2.05, 4.69) is 29.4 Å². The van der Waals surface area contributed by atoms with Gasteiger partial charge in [0.05, 0.1) is 0 Å². The Morgan fingerprint density at radius 3 is 2.46 bits per heavy atom. The van der Waals surface area contributed by atoms with Crippen molar-refractivity contribution in [2.24, 2.45) is 0 Å². The smallest absolute Gasteiger partial charge is 0.0500 e. The summed E-state index contributed by atoms with van der Waals surface area (Å²) in [4.78, 5) is 2.37. The van der Waals surface area contributed by atoms with Gasteiger partial charge in [-0.15, -0.1) is 4.94 Å². The number of halogens is 1. The van der Waals surface area contributed by atoms with Crippen molar-refractivity contribution in [3.63, 3.8) is 0 Å². The van der Waals surface area contributed by atoms with Gasteiger partial charge in [-0.05, 0) is 42.3 Å². The zero-order valence-electron chi connectivity index (χ0n) is 7.81. The van der Waals surface area contributed by atoms with Crippen LogP contribution in [-0.2, 0) is 6.42 Å². The van der Waals surface area contributed by atoms with Gasteiger partial charge in [0.2, 0.25) is 0 Å². The monoisotopic (exact) mass is 198 g/mol. The van der Waals surface area contributed by atoms with E-state index in [0.29, 0.717) is 0 Å². The molecule has 0 radical (unpaired) electrons. The van der Waals surface area contributed by atoms with Crippen LogP contribution in [0.1, 0.15) is 25.3 Å². The van der Waals surface area contributed by atoms with Gasteiger partial charge in [-0.2, -0.15) is 0 Å². The van der Waals surface area contributed by atoms with Crippen LogP contribution in [0, 0.1) is 0 Å². The van der Waals surface area contributed by atoms with E-state index in [-0.39, 0.29) is 0 Å². The number of benzene rings is 1. The lowest BCUT2D eigenvalue weighted by atomic mass is 10.1. The molecule has 0 fully saturated rings. The predicted molar refractivity (Wildman–Crippen MR) is 57.7 cm³/mol. The summed E-state index contributed by atoms with van der Waals surface area (Å²) in [7, 11) is 0. The van der Waals surface area contributed by atoms with Gasteiger partial charge in [-0.3, -0.25) is 0 Å². The van der Waals surface area contributed by atoms with Crippen molar-refractivity contribution in [2.75, 3.05) is 5.43 Å². The second kappa shape index (κ2) is 5.84. The Hall–Kier alpha value is -0.730. The van der Waals surface area contributed by atoms with Crippen molar-refractivity contribution < 1.29 is 0 Å². The topological polar surface area (TPSA) is 24.1 Å². The molecule has 0 atom stereocenters. The first-order valence-electron chi connectivity index (χ1n) is 4.57. The zero-order valence-corrected chi connectivity index (χ0v) is 8.56. The number of rotatable bonds is 5. The standard InChI is InChI=1S/C10H15ClN2/c1-2-3-4-9-5-7-10(8-6-9)12-13-11/h5-8,12-13H,2-4H2,1H3. The largest absolute Gasteiger partial charge is 0.308 e. The van der Waals surface area contributed by atoms with E-state index in [1.54, 1.807) is 0 Å². The predicted octanol–water partition coefficient (Wildman–Crippen LogP) is 3.10. The molecule has 2 N–H and O–H groups in total. The van der Waals surface area contributed by atoms with Crippen molar-refractivity contribution in [3.8, 4) is 0 Å². The van der Waals surface area contributed by atoms with Crippen LogP contribution in [0.25, 0.3) is 0 Å². The third-order valence-electron chi connectivity index (χ3n) is 1.96. The highest BCUT2D eigenvalue weighted by molar-refractivity contribution is 6.13. The number of hydrazine groups is 1. The fourth-order valence-corrected chi connectivity index (χ4v) is 1.30. The Morgan fingerprint density at radius 1 is 1.23 bits per heavy atom. The second-order valence-electron chi connectivity index (χ2n) is 3.02. The molecule has 0 bridgehead atoms. The average molecular weight is 199 g/mol. The third-order valence-corrected chi connectivity index (χ3v) is 2.06. The maximum atomic E-state index is 5.30. The summed E-state index contributed by atoms with van der Waals surface area (Å²) in [5.41, 5.74) is 5.16. The highest BCUT2D eigenvalue weighted by atomic mass is 35.5. The quantitative estimate of drug-likeness (QED) is 0.561. The normalized spacial score (nSPS) is 10.0. The Labute approximate surface area is 84.4 Å². The molecule has 0 aromatic heterocycles. The number of hydrogen-bond donors (Lipinski definition) is 2. The molecule has 0 unspecified atom stereocenters. The fraction of sp³-hybridized carbons (Fsp3) is 0.400. The lowest BCUT2D eigenvalue weighted by molar-refractivity contribution is 0.795. The first-order chi connectivity index (χ1) is 6.36. The van der Waals surface area contributed by atoms with E-state index < -0.39 is 0 Å². The van der Waals surface area contributed by atoms with Gasteiger partial charge in [0.1, 0.15) is 0 Å². The van der Waals surface area contributed by atoms with Gasteiger partial charge in [0, 0.05) is 5.69 Å². The molecule has 0 aliphatic rings. The number of hydrogen-bond acceptors (Lipinski definition) is 2. The minimum absolute atomic E-state index is 0.982. The number of anilines is 1. The summed E-state index contributed by atoms with van der Waals surface area (Å²) < 4.78 is 0. The van der Waals surface area contributed by atoms with Crippen LogP contribution in [-0.4, -0.2) is 0 Å². The molecule has 72 valence electrons. The summed E-state index contributed by atoms with van der Waals surface area (Å²) in [6.07, 6.45) is 3.65. The van der Waals surface area contributed by atoms with Gasteiger partial charge >= 0.3 is 0 Å². The third kappa shape index (κ3) is 3.66. The average Bonchev–Trinajstić information content (AvgIpc) is 2.17. The van der Waals surface area contributed by atoms with Crippen LogP contribution in [0.4, 0.5) is 5.69 Å². The number of nitrogens with one attached hydrogen (secondary N) is 2. The van der Waals surface area contributed by atoms with E-state index in [4.69, 9.17) is 11.8 Å².